The molecule has 0 atom stereocenters. The lowest BCUT2D eigenvalue weighted by Crippen LogP contribution is -2.40. The van der Waals surface area contributed by atoms with E-state index >= 15 is 0 Å². The zero-order valence-electron chi connectivity index (χ0n) is 15.2. The minimum Gasteiger partial charge on any atom is -0.488 e. The van der Waals surface area contributed by atoms with Crippen LogP contribution in [0.3, 0.4) is 0 Å². The van der Waals surface area contributed by atoms with Crippen LogP contribution in [0.4, 0.5) is 0 Å². The Kier molecular flexibility index (Phi) is 5.33. The molecule has 0 unspecified atom stereocenters. The SMILES string of the molecule is CC(C)(C)NC(=O)c1cccc(CC(C)(C)Oc2ccccc2)c1. The Morgan fingerprint density at radius 2 is 1.62 bits per heavy atom. The number of amides is 1. The summed E-state index contributed by atoms with van der Waals surface area (Å²) in [7, 11) is 0. The average molecular weight is 325 g/mol. The summed E-state index contributed by atoms with van der Waals surface area (Å²) in [5.41, 5.74) is 1.15. The fourth-order valence-corrected chi connectivity index (χ4v) is 2.57. The molecule has 0 aliphatic rings. The second-order valence-corrected chi connectivity index (χ2v) is 7.76. The van der Waals surface area contributed by atoms with Gasteiger partial charge in [-0.2, -0.15) is 0 Å². The van der Waals surface area contributed by atoms with Gasteiger partial charge in [0.2, 0.25) is 0 Å². The van der Waals surface area contributed by atoms with E-state index in [4.69, 9.17) is 4.74 Å². The van der Waals surface area contributed by atoms with Crippen molar-refractivity contribution >= 4 is 5.91 Å². The molecule has 2 aromatic rings. The molecule has 1 amide bonds. The summed E-state index contributed by atoms with van der Waals surface area (Å²) in [5, 5.41) is 3.00. The highest BCUT2D eigenvalue weighted by Crippen LogP contribution is 2.22. The van der Waals surface area contributed by atoms with E-state index in [-0.39, 0.29) is 17.0 Å². The van der Waals surface area contributed by atoms with Crippen LogP contribution < -0.4 is 10.1 Å². The number of carbonyl (C=O) groups excluding carboxylic acids is 1. The molecule has 2 aromatic carbocycles. The number of hydrogen-bond acceptors (Lipinski definition) is 2. The lowest BCUT2D eigenvalue weighted by molar-refractivity contribution is 0.0917. The third-order valence-electron chi connectivity index (χ3n) is 3.44. The maximum absolute atomic E-state index is 12.3. The molecule has 0 aliphatic heterocycles. The lowest BCUT2D eigenvalue weighted by Gasteiger charge is -2.27. The largest absolute Gasteiger partial charge is 0.488 e. The van der Waals surface area contributed by atoms with Crippen LogP contribution in [0.25, 0.3) is 0 Å². The molecule has 128 valence electrons. The second-order valence-electron chi connectivity index (χ2n) is 7.76. The molecular formula is C21H27NO2. The normalized spacial score (nSPS) is 11.9. The summed E-state index contributed by atoms with van der Waals surface area (Å²) >= 11 is 0. The Morgan fingerprint density at radius 1 is 0.958 bits per heavy atom. The molecule has 0 radical (unpaired) electrons. The molecular weight excluding hydrogens is 298 g/mol. The molecule has 2 rings (SSSR count). The van der Waals surface area contributed by atoms with E-state index in [0.717, 1.165) is 17.7 Å². The van der Waals surface area contributed by atoms with Gasteiger partial charge in [0, 0.05) is 17.5 Å². The summed E-state index contributed by atoms with van der Waals surface area (Å²) in [6.07, 6.45) is 0.721. The predicted molar refractivity (Wildman–Crippen MR) is 98.5 cm³/mol. The first-order chi connectivity index (χ1) is 11.1. The van der Waals surface area contributed by atoms with E-state index in [1.54, 1.807) is 0 Å². The zero-order chi connectivity index (χ0) is 17.8. The van der Waals surface area contributed by atoms with Gasteiger partial charge in [-0.1, -0.05) is 30.3 Å². The van der Waals surface area contributed by atoms with Crippen molar-refractivity contribution < 1.29 is 9.53 Å². The maximum Gasteiger partial charge on any atom is 0.251 e. The molecule has 3 heteroatoms. The van der Waals surface area contributed by atoms with Crippen LogP contribution in [0.5, 0.6) is 5.75 Å². The van der Waals surface area contributed by atoms with Gasteiger partial charge in [-0.25, -0.2) is 0 Å². The van der Waals surface area contributed by atoms with Crippen LogP contribution in [0.1, 0.15) is 50.5 Å². The molecule has 0 saturated heterocycles. The van der Waals surface area contributed by atoms with Crippen molar-refractivity contribution in [2.24, 2.45) is 0 Å². The van der Waals surface area contributed by atoms with E-state index in [9.17, 15) is 4.79 Å². The van der Waals surface area contributed by atoms with Crippen LogP contribution >= 0.6 is 0 Å². The topological polar surface area (TPSA) is 38.3 Å². The van der Waals surface area contributed by atoms with Gasteiger partial charge in [0.25, 0.3) is 5.91 Å². The van der Waals surface area contributed by atoms with Gasteiger partial charge in [0.15, 0.2) is 0 Å². The highest BCUT2D eigenvalue weighted by atomic mass is 16.5. The van der Waals surface area contributed by atoms with Crippen molar-refractivity contribution in [3.05, 3.63) is 65.7 Å². The minimum absolute atomic E-state index is 0.0499. The van der Waals surface area contributed by atoms with E-state index in [2.05, 4.69) is 19.2 Å². The molecule has 0 bridgehead atoms. The summed E-state index contributed by atoms with van der Waals surface area (Å²) < 4.78 is 6.09. The van der Waals surface area contributed by atoms with Crippen LogP contribution in [-0.4, -0.2) is 17.0 Å². The number of carbonyl (C=O) groups is 1. The van der Waals surface area contributed by atoms with Crippen molar-refractivity contribution in [3.8, 4) is 5.75 Å². The number of ether oxygens (including phenoxy) is 1. The first-order valence-corrected chi connectivity index (χ1v) is 8.30. The Morgan fingerprint density at radius 3 is 2.25 bits per heavy atom. The Bertz CT molecular complexity index is 684. The van der Waals surface area contributed by atoms with Crippen molar-refractivity contribution in [2.45, 2.75) is 52.2 Å². The fraction of sp³-hybridized carbons (Fsp3) is 0.381. The van der Waals surface area contributed by atoms with Crippen LogP contribution in [-0.2, 0) is 6.42 Å². The number of hydrogen-bond donors (Lipinski definition) is 1. The van der Waals surface area contributed by atoms with Gasteiger partial charge in [-0.15, -0.1) is 0 Å². The minimum atomic E-state index is -0.361. The molecule has 24 heavy (non-hydrogen) atoms. The standard InChI is InChI=1S/C21H27NO2/c1-20(2,3)22-19(23)17-11-9-10-16(14-17)15-21(4,5)24-18-12-7-6-8-13-18/h6-14H,15H2,1-5H3,(H,22,23). The molecule has 1 N–H and O–H groups in total. The van der Waals surface area contributed by atoms with Crippen LogP contribution in [0.15, 0.2) is 54.6 Å². The van der Waals surface area contributed by atoms with Crippen LogP contribution in [0.2, 0.25) is 0 Å². The first kappa shape index (κ1) is 18.1. The van der Waals surface area contributed by atoms with Crippen molar-refractivity contribution in [1.29, 1.82) is 0 Å². The summed E-state index contributed by atoms with van der Waals surface area (Å²) in [6, 6.07) is 17.5. The van der Waals surface area contributed by atoms with Gasteiger partial charge in [0.1, 0.15) is 11.4 Å². The number of nitrogens with one attached hydrogen (secondary N) is 1. The first-order valence-electron chi connectivity index (χ1n) is 8.30. The third kappa shape index (κ3) is 5.73. The molecule has 0 saturated carbocycles. The highest BCUT2D eigenvalue weighted by Gasteiger charge is 2.22. The monoisotopic (exact) mass is 325 g/mol. The van der Waals surface area contributed by atoms with Crippen molar-refractivity contribution in [1.82, 2.24) is 5.32 Å². The quantitative estimate of drug-likeness (QED) is 0.871. The summed E-state index contributed by atoms with van der Waals surface area (Å²) in [6.45, 7) is 10.0. The van der Waals surface area contributed by atoms with Gasteiger partial charge in [-0.3, -0.25) is 4.79 Å². The van der Waals surface area contributed by atoms with Crippen molar-refractivity contribution in [3.63, 3.8) is 0 Å². The number of benzene rings is 2. The lowest BCUT2D eigenvalue weighted by atomic mass is 9.96. The van der Waals surface area contributed by atoms with Gasteiger partial charge < -0.3 is 10.1 Å². The maximum atomic E-state index is 12.3. The van der Waals surface area contributed by atoms with Gasteiger partial charge in [0.05, 0.1) is 0 Å². The molecule has 3 nitrogen and oxygen atoms in total. The summed E-state index contributed by atoms with van der Waals surface area (Å²) in [5.74, 6) is 0.801. The fourth-order valence-electron chi connectivity index (χ4n) is 2.57. The Balaban J connectivity index is 2.09. The van der Waals surface area contributed by atoms with E-state index < -0.39 is 0 Å². The average Bonchev–Trinajstić information content (AvgIpc) is 2.45. The number of para-hydroxylation sites is 1. The molecule has 0 fully saturated rings. The highest BCUT2D eigenvalue weighted by molar-refractivity contribution is 5.94. The predicted octanol–water partition coefficient (Wildman–Crippen LogP) is 4.62. The Labute approximate surface area is 145 Å². The zero-order valence-corrected chi connectivity index (χ0v) is 15.2. The van der Waals surface area contributed by atoms with Crippen LogP contribution in [0, 0.1) is 0 Å². The molecule has 0 spiro atoms. The molecule has 0 heterocycles. The third-order valence-corrected chi connectivity index (χ3v) is 3.44. The van der Waals surface area contributed by atoms with Crippen molar-refractivity contribution in [2.75, 3.05) is 0 Å². The van der Waals surface area contributed by atoms with E-state index in [1.165, 1.54) is 0 Å². The molecule has 0 aromatic heterocycles. The smallest absolute Gasteiger partial charge is 0.251 e. The van der Waals surface area contributed by atoms with E-state index in [0.29, 0.717) is 5.56 Å². The number of rotatable bonds is 5. The summed E-state index contributed by atoms with van der Waals surface area (Å²) in [4.78, 5) is 12.3. The second kappa shape index (κ2) is 7.08. The van der Waals surface area contributed by atoms with E-state index in [1.807, 2.05) is 75.4 Å². The van der Waals surface area contributed by atoms with Gasteiger partial charge >= 0.3 is 0 Å². The van der Waals surface area contributed by atoms with Gasteiger partial charge in [-0.05, 0) is 64.4 Å². The molecule has 0 aliphatic carbocycles. The Hall–Kier alpha value is -2.29.